The molecule has 0 saturated heterocycles. The van der Waals surface area contributed by atoms with Crippen LogP contribution in [-0.4, -0.2) is 59.2 Å². The smallest absolute Gasteiger partial charge is 0.356 e. The quantitative estimate of drug-likeness (QED) is 0.649. The number of amides is 1. The predicted molar refractivity (Wildman–Crippen MR) is 94.4 cm³/mol. The van der Waals surface area contributed by atoms with E-state index in [1.807, 2.05) is 19.0 Å². The minimum atomic E-state index is -4.58. The van der Waals surface area contributed by atoms with Gasteiger partial charge >= 0.3 is 6.18 Å². The van der Waals surface area contributed by atoms with Crippen molar-refractivity contribution in [3.05, 3.63) is 29.8 Å². The lowest BCUT2D eigenvalue weighted by Crippen LogP contribution is -2.35. The number of halogens is 3. The van der Waals surface area contributed by atoms with Crippen LogP contribution < -0.4 is 9.62 Å². The number of anilines is 1. The van der Waals surface area contributed by atoms with Gasteiger partial charge in [0.05, 0.1) is 17.5 Å². The van der Waals surface area contributed by atoms with Gasteiger partial charge in [0.25, 0.3) is 0 Å². The molecule has 0 aromatic heterocycles. The average Bonchev–Trinajstić information content (AvgIpc) is 2.50. The lowest BCUT2D eigenvalue weighted by Gasteiger charge is -2.23. The standard InChI is InChI=1S/C16H24F3N3O3S/c1-21(2)10-5-9-20-15(23)8-11-22(26(3,24)25)14-7-4-6-13(12-14)16(17,18)19/h4,6-7,12H,5,8-11H2,1-3H3,(H,20,23). The van der Waals surface area contributed by atoms with Crippen molar-refractivity contribution in [3.8, 4) is 0 Å². The number of alkyl halides is 3. The Bertz CT molecular complexity index is 706. The third kappa shape index (κ3) is 7.61. The monoisotopic (exact) mass is 395 g/mol. The van der Waals surface area contributed by atoms with Crippen LogP contribution in [0.4, 0.5) is 18.9 Å². The van der Waals surface area contributed by atoms with Crippen molar-refractivity contribution in [2.45, 2.75) is 19.0 Å². The van der Waals surface area contributed by atoms with E-state index >= 15 is 0 Å². The highest BCUT2D eigenvalue weighted by atomic mass is 32.2. The Morgan fingerprint density at radius 2 is 1.85 bits per heavy atom. The SMILES string of the molecule is CN(C)CCCNC(=O)CCN(c1cccc(C(F)(F)F)c1)S(C)(=O)=O. The zero-order valence-corrected chi connectivity index (χ0v) is 15.8. The third-order valence-electron chi connectivity index (χ3n) is 3.51. The minimum Gasteiger partial charge on any atom is -0.356 e. The molecule has 0 saturated carbocycles. The molecular formula is C16H24F3N3O3S. The van der Waals surface area contributed by atoms with Crippen LogP contribution in [0.2, 0.25) is 0 Å². The topological polar surface area (TPSA) is 69.7 Å². The molecule has 0 aliphatic heterocycles. The summed E-state index contributed by atoms with van der Waals surface area (Å²) in [6.07, 6.45) is -3.10. The van der Waals surface area contributed by atoms with Gasteiger partial charge in [-0.2, -0.15) is 13.2 Å². The summed E-state index contributed by atoms with van der Waals surface area (Å²) in [6.45, 7) is 0.999. The molecule has 0 spiro atoms. The van der Waals surface area contributed by atoms with Gasteiger partial charge in [-0.25, -0.2) is 8.42 Å². The van der Waals surface area contributed by atoms with Gasteiger partial charge in [0.15, 0.2) is 0 Å². The number of nitrogens with one attached hydrogen (secondary N) is 1. The summed E-state index contributed by atoms with van der Waals surface area (Å²) in [4.78, 5) is 13.8. The Hall–Kier alpha value is -1.81. The number of sulfonamides is 1. The molecule has 26 heavy (non-hydrogen) atoms. The van der Waals surface area contributed by atoms with Crippen LogP contribution in [0, 0.1) is 0 Å². The molecule has 0 unspecified atom stereocenters. The number of hydrogen-bond donors (Lipinski definition) is 1. The number of nitrogens with zero attached hydrogens (tertiary/aromatic N) is 2. The fourth-order valence-electron chi connectivity index (χ4n) is 2.24. The first-order valence-electron chi connectivity index (χ1n) is 7.97. The minimum absolute atomic E-state index is 0.122. The van der Waals surface area contributed by atoms with Crippen molar-refractivity contribution >= 4 is 21.6 Å². The Labute approximate surface area is 152 Å². The Balaban J connectivity index is 2.77. The summed E-state index contributed by atoms with van der Waals surface area (Å²) in [5, 5.41) is 2.66. The largest absolute Gasteiger partial charge is 0.416 e. The van der Waals surface area contributed by atoms with Crippen LogP contribution in [0.5, 0.6) is 0 Å². The van der Waals surface area contributed by atoms with Crippen LogP contribution in [0.25, 0.3) is 0 Å². The summed E-state index contributed by atoms with van der Waals surface area (Å²) in [6, 6.07) is 4.03. The first-order valence-corrected chi connectivity index (χ1v) is 9.82. The van der Waals surface area contributed by atoms with Gasteiger partial charge in [-0.3, -0.25) is 9.10 Å². The molecule has 1 aromatic rings. The van der Waals surface area contributed by atoms with Crippen molar-refractivity contribution in [1.82, 2.24) is 10.2 Å². The molecule has 10 heteroatoms. The molecule has 6 nitrogen and oxygen atoms in total. The summed E-state index contributed by atoms with van der Waals surface area (Å²) in [5.74, 6) is -0.357. The molecule has 1 aromatic carbocycles. The van der Waals surface area contributed by atoms with Crippen LogP contribution in [0.15, 0.2) is 24.3 Å². The molecule has 148 valence electrons. The Kier molecular flexibility index (Phi) is 7.88. The summed E-state index contributed by atoms with van der Waals surface area (Å²) >= 11 is 0. The van der Waals surface area contributed by atoms with Gasteiger partial charge in [0, 0.05) is 19.5 Å². The van der Waals surface area contributed by atoms with Crippen LogP contribution in [-0.2, 0) is 21.0 Å². The van der Waals surface area contributed by atoms with E-state index in [0.717, 1.165) is 41.7 Å². The van der Waals surface area contributed by atoms with Crippen molar-refractivity contribution in [2.24, 2.45) is 0 Å². The van der Waals surface area contributed by atoms with Crippen LogP contribution in [0.1, 0.15) is 18.4 Å². The molecule has 1 rings (SSSR count). The summed E-state index contributed by atoms with van der Waals surface area (Å²) < 4.78 is 63.2. The second-order valence-corrected chi connectivity index (χ2v) is 8.05. The van der Waals surface area contributed by atoms with Crippen LogP contribution in [0.3, 0.4) is 0 Å². The molecule has 0 aliphatic carbocycles. The van der Waals surface area contributed by atoms with Gasteiger partial charge in [0.2, 0.25) is 15.9 Å². The maximum atomic E-state index is 12.8. The predicted octanol–water partition coefficient (Wildman–Crippen LogP) is 1.93. The highest BCUT2D eigenvalue weighted by molar-refractivity contribution is 7.92. The van der Waals surface area contributed by atoms with E-state index in [9.17, 15) is 26.4 Å². The first-order chi connectivity index (χ1) is 11.9. The zero-order chi connectivity index (χ0) is 20.0. The maximum Gasteiger partial charge on any atom is 0.416 e. The lowest BCUT2D eigenvalue weighted by atomic mass is 10.2. The van der Waals surface area contributed by atoms with Gasteiger partial charge in [-0.15, -0.1) is 0 Å². The highest BCUT2D eigenvalue weighted by Gasteiger charge is 2.31. The molecule has 0 atom stereocenters. The van der Waals surface area contributed by atoms with E-state index in [-0.39, 0.29) is 24.6 Å². The van der Waals surface area contributed by atoms with Crippen molar-refractivity contribution < 1.29 is 26.4 Å². The molecule has 0 bridgehead atoms. The number of carbonyl (C=O) groups is 1. The van der Waals surface area contributed by atoms with Crippen LogP contribution >= 0.6 is 0 Å². The zero-order valence-electron chi connectivity index (χ0n) is 15.0. The summed E-state index contributed by atoms with van der Waals surface area (Å²) in [5.41, 5.74) is -1.07. The van der Waals surface area contributed by atoms with E-state index < -0.39 is 21.8 Å². The van der Waals surface area contributed by atoms with E-state index in [1.54, 1.807) is 0 Å². The molecule has 1 N–H and O–H groups in total. The van der Waals surface area contributed by atoms with Gasteiger partial charge in [-0.05, 0) is 45.3 Å². The fraction of sp³-hybridized carbons (Fsp3) is 0.562. The normalized spacial score (nSPS) is 12.3. The van der Waals surface area contributed by atoms with Gasteiger partial charge in [0.1, 0.15) is 0 Å². The highest BCUT2D eigenvalue weighted by Crippen LogP contribution is 2.32. The Morgan fingerprint density at radius 1 is 1.19 bits per heavy atom. The maximum absolute atomic E-state index is 12.8. The second-order valence-electron chi connectivity index (χ2n) is 6.14. The molecule has 1 amide bonds. The van der Waals surface area contributed by atoms with Gasteiger partial charge < -0.3 is 10.2 Å². The van der Waals surface area contributed by atoms with E-state index in [2.05, 4.69) is 5.32 Å². The molecular weight excluding hydrogens is 371 g/mol. The molecule has 0 radical (unpaired) electrons. The van der Waals surface area contributed by atoms with E-state index in [0.29, 0.717) is 6.54 Å². The third-order valence-corrected chi connectivity index (χ3v) is 4.70. The molecule has 0 aliphatic rings. The van der Waals surface area contributed by atoms with Crippen molar-refractivity contribution in [2.75, 3.05) is 44.3 Å². The molecule has 0 heterocycles. The lowest BCUT2D eigenvalue weighted by molar-refractivity contribution is -0.137. The second kappa shape index (κ2) is 9.22. The van der Waals surface area contributed by atoms with E-state index in [1.165, 1.54) is 6.07 Å². The van der Waals surface area contributed by atoms with Crippen molar-refractivity contribution in [3.63, 3.8) is 0 Å². The molecule has 0 fully saturated rings. The number of benzene rings is 1. The Morgan fingerprint density at radius 3 is 2.38 bits per heavy atom. The number of carbonyl (C=O) groups excluding carboxylic acids is 1. The van der Waals surface area contributed by atoms with E-state index in [4.69, 9.17) is 0 Å². The number of rotatable bonds is 9. The summed E-state index contributed by atoms with van der Waals surface area (Å²) in [7, 11) is -0.0257. The average molecular weight is 395 g/mol. The van der Waals surface area contributed by atoms with Gasteiger partial charge in [-0.1, -0.05) is 6.07 Å². The van der Waals surface area contributed by atoms with Crippen molar-refractivity contribution in [1.29, 1.82) is 0 Å². The fourth-order valence-corrected chi connectivity index (χ4v) is 3.16. The number of hydrogen-bond acceptors (Lipinski definition) is 4. The first kappa shape index (κ1) is 22.2.